The molecule has 1 saturated heterocycles. The van der Waals surface area contributed by atoms with E-state index in [-0.39, 0.29) is 0 Å². The van der Waals surface area contributed by atoms with E-state index in [1.54, 1.807) is 14.0 Å². The number of carboxylic acids is 1. The predicted octanol–water partition coefficient (Wildman–Crippen LogP) is 1.19. The summed E-state index contributed by atoms with van der Waals surface area (Å²) in [6, 6.07) is 0. The van der Waals surface area contributed by atoms with Crippen molar-refractivity contribution in [2.75, 3.05) is 40.4 Å². The molecule has 1 rings (SSSR count). The van der Waals surface area contributed by atoms with Gasteiger partial charge in [0.05, 0.1) is 0 Å². The van der Waals surface area contributed by atoms with Crippen LogP contribution in [0.2, 0.25) is 0 Å². The van der Waals surface area contributed by atoms with Gasteiger partial charge in [-0.25, -0.2) is 0 Å². The number of rotatable bonds is 8. The molecule has 0 aromatic rings. The Labute approximate surface area is 116 Å². The summed E-state index contributed by atoms with van der Waals surface area (Å²) < 4.78 is 5.36. The van der Waals surface area contributed by atoms with Crippen LogP contribution in [-0.4, -0.2) is 61.9 Å². The predicted molar refractivity (Wildman–Crippen MR) is 75.4 cm³/mol. The Hall–Kier alpha value is -0.650. The largest absolute Gasteiger partial charge is 0.480 e. The van der Waals surface area contributed by atoms with Gasteiger partial charge in [-0.2, -0.15) is 0 Å². The number of nitrogens with one attached hydrogen (secondary N) is 1. The van der Waals surface area contributed by atoms with Gasteiger partial charge in [0.15, 0.2) is 0 Å². The number of carboxylic acid groups (broad SMARTS) is 1. The first kappa shape index (κ1) is 16.4. The molecule has 0 amide bonds. The first-order chi connectivity index (χ1) is 8.98. The monoisotopic (exact) mass is 272 g/mol. The van der Waals surface area contributed by atoms with Gasteiger partial charge in [-0.05, 0) is 59.2 Å². The second-order valence-corrected chi connectivity index (χ2v) is 5.81. The molecule has 0 spiro atoms. The second kappa shape index (κ2) is 7.82. The summed E-state index contributed by atoms with van der Waals surface area (Å²) in [7, 11) is 3.83. The van der Waals surface area contributed by atoms with Crippen molar-refractivity contribution in [2.24, 2.45) is 5.92 Å². The van der Waals surface area contributed by atoms with Crippen molar-refractivity contribution in [3.05, 3.63) is 0 Å². The zero-order valence-corrected chi connectivity index (χ0v) is 12.4. The van der Waals surface area contributed by atoms with Crippen molar-refractivity contribution >= 4 is 5.97 Å². The molecule has 2 N–H and O–H groups in total. The molecule has 5 heteroatoms. The van der Waals surface area contributed by atoms with Crippen molar-refractivity contribution in [3.8, 4) is 0 Å². The molecule has 0 saturated carbocycles. The van der Waals surface area contributed by atoms with Crippen molar-refractivity contribution < 1.29 is 14.6 Å². The molecule has 1 aliphatic heterocycles. The molecule has 1 heterocycles. The van der Waals surface area contributed by atoms with Crippen LogP contribution in [0, 0.1) is 5.92 Å². The quantitative estimate of drug-likeness (QED) is 0.695. The van der Waals surface area contributed by atoms with E-state index in [1.165, 1.54) is 0 Å². The first-order valence-electron chi connectivity index (χ1n) is 7.16. The highest BCUT2D eigenvalue weighted by molar-refractivity contribution is 5.78. The molecule has 1 aliphatic rings. The third kappa shape index (κ3) is 5.47. The van der Waals surface area contributed by atoms with E-state index in [4.69, 9.17) is 9.84 Å². The van der Waals surface area contributed by atoms with Gasteiger partial charge in [0.1, 0.15) is 5.54 Å². The fraction of sp³-hybridized carbons (Fsp3) is 0.929. The van der Waals surface area contributed by atoms with Crippen LogP contribution in [0.25, 0.3) is 0 Å². The Morgan fingerprint density at radius 3 is 2.63 bits per heavy atom. The van der Waals surface area contributed by atoms with Crippen LogP contribution in [-0.2, 0) is 9.53 Å². The lowest BCUT2D eigenvalue weighted by Gasteiger charge is -2.28. The Balaban J connectivity index is 2.22. The molecular formula is C14H28N2O3. The lowest BCUT2D eigenvalue weighted by atomic mass is 9.95. The molecular weight excluding hydrogens is 244 g/mol. The number of likely N-dealkylation sites (N-methyl/N-ethyl adjacent to an activating group) is 1. The summed E-state index contributed by atoms with van der Waals surface area (Å²) in [6.45, 7) is 5.55. The first-order valence-corrected chi connectivity index (χ1v) is 7.16. The normalized spacial score (nSPS) is 20.4. The topological polar surface area (TPSA) is 61.8 Å². The zero-order chi connectivity index (χ0) is 14.3. The number of hydrogen-bond acceptors (Lipinski definition) is 4. The molecule has 1 atom stereocenters. The minimum absolute atomic E-state index is 0.650. The zero-order valence-electron chi connectivity index (χ0n) is 12.4. The van der Waals surface area contributed by atoms with Crippen molar-refractivity contribution in [1.29, 1.82) is 0 Å². The SMILES string of the molecule is CNC(C)(CCCN(C)CC1CCOCC1)C(=O)O. The molecule has 0 radical (unpaired) electrons. The maximum atomic E-state index is 11.2. The average molecular weight is 272 g/mol. The number of ether oxygens (including phenoxy) is 1. The van der Waals surface area contributed by atoms with Crippen LogP contribution in [0.15, 0.2) is 0 Å². The number of nitrogens with zero attached hydrogens (tertiary/aromatic N) is 1. The van der Waals surface area contributed by atoms with Crippen LogP contribution in [0.5, 0.6) is 0 Å². The molecule has 0 bridgehead atoms. The van der Waals surface area contributed by atoms with Crippen LogP contribution in [0.3, 0.4) is 0 Å². The number of aliphatic carboxylic acids is 1. The van der Waals surface area contributed by atoms with Crippen molar-refractivity contribution in [3.63, 3.8) is 0 Å². The molecule has 0 aliphatic carbocycles. The smallest absolute Gasteiger partial charge is 0.323 e. The number of carbonyl (C=O) groups is 1. The van der Waals surface area contributed by atoms with Crippen LogP contribution < -0.4 is 5.32 Å². The van der Waals surface area contributed by atoms with Crippen LogP contribution in [0.1, 0.15) is 32.6 Å². The van der Waals surface area contributed by atoms with Crippen molar-refractivity contribution in [2.45, 2.75) is 38.1 Å². The van der Waals surface area contributed by atoms with Gasteiger partial charge in [0.2, 0.25) is 0 Å². The number of hydrogen-bond donors (Lipinski definition) is 2. The fourth-order valence-corrected chi connectivity index (χ4v) is 2.50. The van der Waals surface area contributed by atoms with E-state index in [2.05, 4.69) is 17.3 Å². The highest BCUT2D eigenvalue weighted by atomic mass is 16.5. The van der Waals surface area contributed by atoms with Gasteiger partial charge in [0, 0.05) is 19.8 Å². The molecule has 5 nitrogen and oxygen atoms in total. The molecule has 112 valence electrons. The summed E-state index contributed by atoms with van der Waals surface area (Å²) in [5, 5.41) is 12.1. The van der Waals surface area contributed by atoms with E-state index in [1.807, 2.05) is 0 Å². The molecule has 0 aromatic heterocycles. The van der Waals surface area contributed by atoms with Gasteiger partial charge in [-0.15, -0.1) is 0 Å². The van der Waals surface area contributed by atoms with E-state index >= 15 is 0 Å². The third-order valence-electron chi connectivity index (χ3n) is 4.15. The van der Waals surface area contributed by atoms with Crippen molar-refractivity contribution in [1.82, 2.24) is 10.2 Å². The standard InChI is InChI=1S/C14H28N2O3/c1-14(15-2,13(17)18)7-4-8-16(3)11-12-5-9-19-10-6-12/h12,15H,4-11H2,1-3H3,(H,17,18). The Morgan fingerprint density at radius 1 is 1.47 bits per heavy atom. The Bertz CT molecular complexity index is 280. The summed E-state index contributed by atoms with van der Waals surface area (Å²) in [4.78, 5) is 13.5. The van der Waals surface area contributed by atoms with Gasteiger partial charge in [0.25, 0.3) is 0 Å². The van der Waals surface area contributed by atoms with Crippen LogP contribution in [0.4, 0.5) is 0 Å². The fourth-order valence-electron chi connectivity index (χ4n) is 2.50. The highest BCUT2D eigenvalue weighted by Gasteiger charge is 2.30. The lowest BCUT2D eigenvalue weighted by Crippen LogP contribution is -2.47. The lowest BCUT2D eigenvalue weighted by molar-refractivity contribution is -0.144. The highest BCUT2D eigenvalue weighted by Crippen LogP contribution is 2.17. The summed E-state index contributed by atoms with van der Waals surface area (Å²) in [5.74, 6) is -0.0454. The van der Waals surface area contributed by atoms with E-state index in [0.717, 1.165) is 51.5 Å². The molecule has 1 fully saturated rings. The maximum Gasteiger partial charge on any atom is 0.323 e. The van der Waals surface area contributed by atoms with E-state index < -0.39 is 11.5 Å². The average Bonchev–Trinajstić information content (AvgIpc) is 2.39. The third-order valence-corrected chi connectivity index (χ3v) is 4.15. The van der Waals surface area contributed by atoms with Gasteiger partial charge >= 0.3 is 5.97 Å². The second-order valence-electron chi connectivity index (χ2n) is 5.81. The van der Waals surface area contributed by atoms with Crippen LogP contribution >= 0.6 is 0 Å². The summed E-state index contributed by atoms with van der Waals surface area (Å²) in [6.07, 6.45) is 3.84. The molecule has 19 heavy (non-hydrogen) atoms. The minimum Gasteiger partial charge on any atom is -0.480 e. The van der Waals surface area contributed by atoms with Gasteiger partial charge in [-0.3, -0.25) is 4.79 Å². The Kier molecular flexibility index (Phi) is 6.75. The van der Waals surface area contributed by atoms with E-state index in [9.17, 15) is 4.79 Å². The summed E-state index contributed by atoms with van der Waals surface area (Å²) in [5.41, 5.74) is -0.806. The van der Waals surface area contributed by atoms with Gasteiger partial charge < -0.3 is 20.1 Å². The molecule has 0 aromatic carbocycles. The maximum absolute atomic E-state index is 11.2. The Morgan fingerprint density at radius 2 is 2.11 bits per heavy atom. The summed E-state index contributed by atoms with van der Waals surface area (Å²) >= 11 is 0. The minimum atomic E-state index is -0.806. The molecule has 1 unspecified atom stereocenters. The van der Waals surface area contributed by atoms with Gasteiger partial charge in [-0.1, -0.05) is 0 Å². The van der Waals surface area contributed by atoms with E-state index in [0.29, 0.717) is 6.42 Å².